The van der Waals surface area contributed by atoms with Gasteiger partial charge < -0.3 is 24.4 Å². The molecule has 1 unspecified atom stereocenters. The smallest absolute Gasteiger partial charge is 0.267 e. The Labute approximate surface area is 183 Å². The van der Waals surface area contributed by atoms with Crippen molar-refractivity contribution in [3.63, 3.8) is 0 Å². The van der Waals surface area contributed by atoms with Crippen LogP contribution < -0.4 is 24.4 Å². The van der Waals surface area contributed by atoms with Crippen LogP contribution in [0.5, 0.6) is 17.2 Å². The molecule has 0 saturated heterocycles. The molecule has 1 heterocycles. The van der Waals surface area contributed by atoms with E-state index in [1.165, 1.54) is 0 Å². The van der Waals surface area contributed by atoms with E-state index in [0.717, 1.165) is 18.4 Å². The third-order valence-corrected chi connectivity index (χ3v) is 5.27. The van der Waals surface area contributed by atoms with E-state index in [1.54, 1.807) is 38.2 Å². The third-order valence-electron chi connectivity index (χ3n) is 5.27. The fourth-order valence-electron chi connectivity index (χ4n) is 3.55. The molecule has 1 N–H and O–H groups in total. The lowest BCUT2D eigenvalue weighted by atomic mass is 10.1. The number of hydrogen-bond donors (Lipinski definition) is 1. The quantitative estimate of drug-likeness (QED) is 0.651. The zero-order valence-electron chi connectivity index (χ0n) is 18.6. The molecule has 7 nitrogen and oxygen atoms in total. The van der Waals surface area contributed by atoms with E-state index in [4.69, 9.17) is 14.2 Å². The summed E-state index contributed by atoms with van der Waals surface area (Å²) in [7, 11) is 3.18. The van der Waals surface area contributed by atoms with Gasteiger partial charge in [0.15, 0.2) is 17.6 Å². The maximum absolute atomic E-state index is 12.6. The Morgan fingerprint density at radius 2 is 1.90 bits per heavy atom. The summed E-state index contributed by atoms with van der Waals surface area (Å²) in [5.74, 6) is 1.79. The van der Waals surface area contributed by atoms with Crippen LogP contribution in [0, 0.1) is 0 Å². The summed E-state index contributed by atoms with van der Waals surface area (Å²) in [5.41, 5.74) is 2.33. The highest BCUT2D eigenvalue weighted by Crippen LogP contribution is 2.36. The van der Waals surface area contributed by atoms with Gasteiger partial charge in [-0.05, 0) is 55.7 Å². The Morgan fingerprint density at radius 1 is 1.13 bits per heavy atom. The number of nitrogens with one attached hydrogen (secondary N) is 1. The number of anilines is 2. The van der Waals surface area contributed by atoms with Crippen molar-refractivity contribution in [3.8, 4) is 17.2 Å². The van der Waals surface area contributed by atoms with Gasteiger partial charge in [-0.2, -0.15) is 0 Å². The molecule has 0 aromatic heterocycles. The summed E-state index contributed by atoms with van der Waals surface area (Å²) in [5, 5.41) is 2.93. The second-order valence-electron chi connectivity index (χ2n) is 7.52. The summed E-state index contributed by atoms with van der Waals surface area (Å²) in [6.45, 7) is 4.48. The molecule has 0 spiro atoms. The van der Waals surface area contributed by atoms with Crippen molar-refractivity contribution in [2.75, 3.05) is 31.0 Å². The van der Waals surface area contributed by atoms with Gasteiger partial charge in [0.25, 0.3) is 5.91 Å². The zero-order valence-corrected chi connectivity index (χ0v) is 18.6. The van der Waals surface area contributed by atoms with E-state index in [1.807, 2.05) is 24.3 Å². The predicted octanol–water partition coefficient (Wildman–Crippen LogP) is 4.19. The number of ether oxygens (including phenoxy) is 3. The lowest BCUT2D eigenvalue weighted by molar-refractivity contribution is -0.125. The number of carbonyl (C=O) groups excluding carboxylic acids is 2. The lowest BCUT2D eigenvalue weighted by Gasteiger charge is -2.33. The Morgan fingerprint density at radius 3 is 2.61 bits per heavy atom. The lowest BCUT2D eigenvalue weighted by Crippen LogP contribution is -2.44. The molecule has 0 fully saturated rings. The summed E-state index contributed by atoms with van der Waals surface area (Å²) >= 11 is 0. The van der Waals surface area contributed by atoms with Gasteiger partial charge in [0.05, 0.1) is 19.9 Å². The van der Waals surface area contributed by atoms with Crippen LogP contribution in [0.3, 0.4) is 0 Å². The van der Waals surface area contributed by atoms with Crippen molar-refractivity contribution < 1.29 is 23.8 Å². The van der Waals surface area contributed by atoms with Crippen LogP contribution in [0.15, 0.2) is 36.4 Å². The number of aryl methyl sites for hydroxylation is 1. The molecule has 0 saturated carbocycles. The van der Waals surface area contributed by atoms with Gasteiger partial charge in [-0.3, -0.25) is 9.59 Å². The Hall–Kier alpha value is -3.22. The van der Waals surface area contributed by atoms with Crippen LogP contribution in [0.4, 0.5) is 11.4 Å². The first-order valence-corrected chi connectivity index (χ1v) is 10.6. The molecule has 0 bridgehead atoms. The van der Waals surface area contributed by atoms with Crippen LogP contribution in [0.1, 0.15) is 38.7 Å². The van der Waals surface area contributed by atoms with Crippen molar-refractivity contribution in [2.24, 2.45) is 0 Å². The second-order valence-corrected chi connectivity index (χ2v) is 7.52. The van der Waals surface area contributed by atoms with E-state index in [2.05, 4.69) is 12.2 Å². The van der Waals surface area contributed by atoms with Crippen LogP contribution >= 0.6 is 0 Å². The average Bonchev–Trinajstić information content (AvgIpc) is 2.78. The van der Waals surface area contributed by atoms with Crippen molar-refractivity contribution in [1.29, 1.82) is 0 Å². The number of nitrogens with zero attached hydrogens (tertiary/aromatic N) is 1. The predicted molar refractivity (Wildman–Crippen MR) is 120 cm³/mol. The van der Waals surface area contributed by atoms with E-state index in [9.17, 15) is 9.59 Å². The molecule has 7 heteroatoms. The van der Waals surface area contributed by atoms with Crippen LogP contribution in [0.25, 0.3) is 0 Å². The molecule has 166 valence electrons. The summed E-state index contributed by atoms with van der Waals surface area (Å²) in [4.78, 5) is 26.9. The molecular weight excluding hydrogens is 396 g/mol. The Bertz CT molecular complexity index is 944. The zero-order chi connectivity index (χ0) is 22.4. The Balaban J connectivity index is 1.67. The fourth-order valence-corrected chi connectivity index (χ4v) is 3.55. The molecule has 1 aliphatic rings. The largest absolute Gasteiger partial charge is 0.493 e. The molecule has 2 amide bonds. The first-order valence-electron chi connectivity index (χ1n) is 10.6. The monoisotopic (exact) mass is 426 g/mol. The number of hydrogen-bond acceptors (Lipinski definition) is 5. The van der Waals surface area contributed by atoms with Gasteiger partial charge in [-0.15, -0.1) is 0 Å². The molecule has 2 aromatic rings. The van der Waals surface area contributed by atoms with Crippen molar-refractivity contribution in [3.05, 3.63) is 42.0 Å². The molecule has 3 rings (SSSR count). The van der Waals surface area contributed by atoms with Gasteiger partial charge in [-0.25, -0.2) is 0 Å². The number of carbonyl (C=O) groups is 2. The Kier molecular flexibility index (Phi) is 7.39. The topological polar surface area (TPSA) is 77.1 Å². The second kappa shape index (κ2) is 10.2. The van der Waals surface area contributed by atoms with Gasteiger partial charge in [-0.1, -0.05) is 19.4 Å². The first kappa shape index (κ1) is 22.5. The summed E-state index contributed by atoms with van der Waals surface area (Å²) in [6.07, 6.45) is 2.27. The molecule has 2 aromatic carbocycles. The fraction of sp³-hybridized carbons (Fsp3) is 0.417. The van der Waals surface area contributed by atoms with Gasteiger partial charge in [0, 0.05) is 18.7 Å². The number of unbranched alkanes of at least 4 members (excludes halogenated alkanes) is 1. The van der Waals surface area contributed by atoms with Crippen LogP contribution in [0.2, 0.25) is 0 Å². The highest BCUT2D eigenvalue weighted by molar-refractivity contribution is 6.01. The molecule has 31 heavy (non-hydrogen) atoms. The third kappa shape index (κ3) is 5.29. The van der Waals surface area contributed by atoms with Crippen LogP contribution in [-0.2, 0) is 16.0 Å². The normalized spacial score (nSPS) is 15.2. The highest BCUT2D eigenvalue weighted by atomic mass is 16.5. The van der Waals surface area contributed by atoms with E-state index in [-0.39, 0.29) is 11.8 Å². The minimum Gasteiger partial charge on any atom is -0.493 e. The maximum atomic E-state index is 12.6. The average molecular weight is 427 g/mol. The molecule has 0 radical (unpaired) electrons. The maximum Gasteiger partial charge on any atom is 0.267 e. The molecule has 1 aliphatic heterocycles. The molecule has 1 atom stereocenters. The summed E-state index contributed by atoms with van der Waals surface area (Å²) < 4.78 is 16.3. The minimum atomic E-state index is -0.508. The van der Waals surface area contributed by atoms with Crippen molar-refractivity contribution >= 4 is 23.2 Å². The number of amides is 2. The van der Waals surface area contributed by atoms with Crippen LogP contribution in [-0.4, -0.2) is 38.7 Å². The van der Waals surface area contributed by atoms with Crippen molar-refractivity contribution in [2.45, 2.75) is 45.6 Å². The molecule has 0 aliphatic carbocycles. The van der Waals surface area contributed by atoms with Gasteiger partial charge in [0.2, 0.25) is 5.91 Å². The van der Waals surface area contributed by atoms with E-state index < -0.39 is 6.10 Å². The number of fused-ring (bicyclic) bond motifs is 1. The van der Waals surface area contributed by atoms with E-state index in [0.29, 0.717) is 48.0 Å². The number of rotatable bonds is 9. The van der Waals surface area contributed by atoms with Gasteiger partial charge in [0.1, 0.15) is 5.75 Å². The molecular formula is C24H30N2O5. The SMILES string of the molecule is CCCCN1C(=O)C(C)Oc2ccc(NC(=O)CCc3ccc(OC)c(OC)c3)cc21. The first-order chi connectivity index (χ1) is 15.0. The highest BCUT2D eigenvalue weighted by Gasteiger charge is 2.31. The minimum absolute atomic E-state index is 0.0575. The number of benzene rings is 2. The number of methoxy groups -OCH3 is 2. The van der Waals surface area contributed by atoms with Crippen molar-refractivity contribution in [1.82, 2.24) is 0 Å². The van der Waals surface area contributed by atoms with Gasteiger partial charge >= 0.3 is 0 Å². The standard InChI is InChI=1S/C24H30N2O5/c1-5-6-13-26-19-15-18(9-11-20(19)31-16(2)24(26)28)25-23(27)12-8-17-7-10-21(29-3)22(14-17)30-4/h7,9-11,14-16H,5-6,8,12-13H2,1-4H3,(H,25,27). The van der Waals surface area contributed by atoms with E-state index >= 15 is 0 Å². The summed E-state index contributed by atoms with van der Waals surface area (Å²) in [6, 6.07) is 11.0.